The minimum absolute atomic E-state index is 0.0711. The Bertz CT molecular complexity index is 701. The first-order chi connectivity index (χ1) is 11.3. The van der Waals surface area contributed by atoms with Crippen molar-refractivity contribution in [1.82, 2.24) is 9.78 Å². The normalized spacial score (nSPS) is 11.3. The van der Waals surface area contributed by atoms with Crippen molar-refractivity contribution in [3.8, 4) is 0 Å². The number of hydrogen-bond donors (Lipinski definition) is 1. The number of anilines is 1. The topological polar surface area (TPSA) is 46.9 Å². The lowest BCUT2D eigenvalue weighted by molar-refractivity contribution is -0.116. The number of amides is 1. The SMILES string of the molecule is CC(C)Cn1cc(NC(=O)CCc2cccc(Cl)c2)c(C(F)F)n1. The number of aromatic nitrogens is 2. The molecule has 0 spiro atoms. The Hall–Kier alpha value is -1.95. The van der Waals surface area contributed by atoms with Crippen molar-refractivity contribution in [2.75, 3.05) is 5.32 Å². The van der Waals surface area contributed by atoms with Gasteiger partial charge in [-0.15, -0.1) is 0 Å². The molecule has 2 rings (SSSR count). The van der Waals surface area contributed by atoms with Crippen LogP contribution in [0.25, 0.3) is 0 Å². The molecule has 0 saturated carbocycles. The van der Waals surface area contributed by atoms with Crippen LogP contribution in [-0.4, -0.2) is 15.7 Å². The van der Waals surface area contributed by atoms with Gasteiger partial charge in [0, 0.05) is 24.2 Å². The monoisotopic (exact) mass is 355 g/mol. The van der Waals surface area contributed by atoms with Crippen LogP contribution in [0.3, 0.4) is 0 Å². The van der Waals surface area contributed by atoms with Crippen molar-refractivity contribution in [2.24, 2.45) is 5.92 Å². The molecule has 1 aromatic carbocycles. The molecule has 0 aliphatic carbocycles. The maximum Gasteiger partial charge on any atom is 0.284 e. The summed E-state index contributed by atoms with van der Waals surface area (Å²) >= 11 is 5.89. The van der Waals surface area contributed by atoms with E-state index in [4.69, 9.17) is 11.6 Å². The lowest BCUT2D eigenvalue weighted by Gasteiger charge is -2.05. The Morgan fingerprint density at radius 2 is 2.12 bits per heavy atom. The van der Waals surface area contributed by atoms with Crippen LogP contribution in [0, 0.1) is 5.92 Å². The number of nitrogens with zero attached hydrogens (tertiary/aromatic N) is 2. The Labute approximate surface area is 144 Å². The quantitative estimate of drug-likeness (QED) is 0.782. The fourth-order valence-electron chi connectivity index (χ4n) is 2.32. The third-order valence-corrected chi connectivity index (χ3v) is 3.59. The number of halogens is 3. The standard InChI is InChI=1S/C17H20ClF2N3O/c1-11(2)9-23-10-14(16(22-23)17(19)20)21-15(24)7-6-12-4-3-5-13(18)8-12/h3-5,8,10-11,17H,6-7,9H2,1-2H3,(H,21,24). The van der Waals surface area contributed by atoms with Gasteiger partial charge in [-0.3, -0.25) is 9.48 Å². The molecule has 1 amide bonds. The summed E-state index contributed by atoms with van der Waals surface area (Å²) in [6, 6.07) is 7.20. The smallest absolute Gasteiger partial charge is 0.284 e. The number of alkyl halides is 2. The average molecular weight is 356 g/mol. The van der Waals surface area contributed by atoms with Crippen molar-refractivity contribution in [1.29, 1.82) is 0 Å². The highest BCUT2D eigenvalue weighted by Crippen LogP contribution is 2.26. The molecule has 24 heavy (non-hydrogen) atoms. The van der Waals surface area contributed by atoms with Crippen molar-refractivity contribution in [3.63, 3.8) is 0 Å². The van der Waals surface area contributed by atoms with Crippen molar-refractivity contribution in [3.05, 3.63) is 46.7 Å². The van der Waals surface area contributed by atoms with Gasteiger partial charge in [0.2, 0.25) is 5.91 Å². The van der Waals surface area contributed by atoms with Gasteiger partial charge in [0.05, 0.1) is 5.69 Å². The van der Waals surface area contributed by atoms with Gasteiger partial charge < -0.3 is 5.32 Å². The Morgan fingerprint density at radius 3 is 2.75 bits per heavy atom. The number of aryl methyl sites for hydroxylation is 1. The first kappa shape index (κ1) is 18.4. The van der Waals surface area contributed by atoms with Crippen LogP contribution in [0.2, 0.25) is 5.02 Å². The summed E-state index contributed by atoms with van der Waals surface area (Å²) in [6.07, 6.45) is -0.616. The molecule has 0 aliphatic heterocycles. The molecule has 130 valence electrons. The second-order valence-corrected chi connectivity index (χ2v) is 6.46. The van der Waals surface area contributed by atoms with Crippen LogP contribution in [0.1, 0.15) is 38.0 Å². The second kappa shape index (κ2) is 8.24. The Kier molecular flexibility index (Phi) is 6.31. The van der Waals surface area contributed by atoms with Gasteiger partial charge in [-0.05, 0) is 30.0 Å². The lowest BCUT2D eigenvalue weighted by Crippen LogP contribution is -2.13. The molecule has 0 saturated heterocycles. The molecule has 1 heterocycles. The van der Waals surface area contributed by atoms with E-state index in [1.807, 2.05) is 19.9 Å². The van der Waals surface area contributed by atoms with E-state index >= 15 is 0 Å². The highest BCUT2D eigenvalue weighted by atomic mass is 35.5. The number of carbonyl (C=O) groups excluding carboxylic acids is 1. The molecular weight excluding hydrogens is 336 g/mol. The van der Waals surface area contributed by atoms with Crippen LogP contribution in [0.4, 0.5) is 14.5 Å². The lowest BCUT2D eigenvalue weighted by atomic mass is 10.1. The van der Waals surface area contributed by atoms with Gasteiger partial charge in [0.25, 0.3) is 6.43 Å². The molecular formula is C17H20ClF2N3O. The fraction of sp³-hybridized carbons (Fsp3) is 0.412. The summed E-state index contributed by atoms with van der Waals surface area (Å²) in [7, 11) is 0. The number of nitrogens with one attached hydrogen (secondary N) is 1. The maximum absolute atomic E-state index is 13.1. The number of benzene rings is 1. The first-order valence-electron chi connectivity index (χ1n) is 7.75. The highest BCUT2D eigenvalue weighted by molar-refractivity contribution is 6.30. The van der Waals surface area contributed by atoms with E-state index in [-0.39, 0.29) is 23.9 Å². The molecule has 0 aliphatic rings. The number of rotatable bonds is 7. The minimum Gasteiger partial charge on any atom is -0.323 e. The van der Waals surface area contributed by atoms with E-state index in [1.54, 1.807) is 18.2 Å². The third-order valence-electron chi connectivity index (χ3n) is 3.35. The largest absolute Gasteiger partial charge is 0.323 e. The van der Waals surface area contributed by atoms with E-state index in [9.17, 15) is 13.6 Å². The predicted molar refractivity (Wildman–Crippen MR) is 90.4 cm³/mol. The summed E-state index contributed by atoms with van der Waals surface area (Å²) in [5.41, 5.74) is 0.593. The summed E-state index contributed by atoms with van der Waals surface area (Å²) in [6.45, 7) is 4.44. The van der Waals surface area contributed by atoms with Gasteiger partial charge in [0.1, 0.15) is 0 Å². The van der Waals surface area contributed by atoms with Crippen LogP contribution in [0.5, 0.6) is 0 Å². The average Bonchev–Trinajstić information content (AvgIpc) is 2.87. The number of carbonyl (C=O) groups is 1. The highest BCUT2D eigenvalue weighted by Gasteiger charge is 2.20. The van der Waals surface area contributed by atoms with E-state index in [0.29, 0.717) is 18.0 Å². The van der Waals surface area contributed by atoms with E-state index in [1.165, 1.54) is 10.9 Å². The van der Waals surface area contributed by atoms with E-state index in [0.717, 1.165) is 5.56 Å². The van der Waals surface area contributed by atoms with Gasteiger partial charge in [-0.1, -0.05) is 37.6 Å². The van der Waals surface area contributed by atoms with Crippen molar-refractivity contribution >= 4 is 23.2 Å². The maximum atomic E-state index is 13.1. The molecule has 0 fully saturated rings. The summed E-state index contributed by atoms with van der Waals surface area (Å²) < 4.78 is 27.6. The number of hydrogen-bond acceptors (Lipinski definition) is 2. The van der Waals surface area contributed by atoms with E-state index in [2.05, 4.69) is 10.4 Å². The molecule has 1 N–H and O–H groups in total. The minimum atomic E-state index is -2.73. The van der Waals surface area contributed by atoms with Crippen LogP contribution >= 0.6 is 11.6 Å². The van der Waals surface area contributed by atoms with Gasteiger partial charge in [0.15, 0.2) is 5.69 Å². The molecule has 0 unspecified atom stereocenters. The molecule has 7 heteroatoms. The van der Waals surface area contributed by atoms with Crippen molar-refractivity contribution in [2.45, 2.75) is 39.7 Å². The molecule has 0 radical (unpaired) electrons. The predicted octanol–water partition coefficient (Wildman–Crippen LogP) is 4.70. The fourth-order valence-corrected chi connectivity index (χ4v) is 2.54. The zero-order chi connectivity index (χ0) is 17.7. The Balaban J connectivity index is 2.01. The van der Waals surface area contributed by atoms with Crippen molar-refractivity contribution < 1.29 is 13.6 Å². The van der Waals surface area contributed by atoms with Gasteiger partial charge in [-0.25, -0.2) is 8.78 Å². The van der Waals surface area contributed by atoms with Crippen LogP contribution in [-0.2, 0) is 17.8 Å². The molecule has 0 bridgehead atoms. The zero-order valence-corrected chi connectivity index (χ0v) is 14.4. The summed E-state index contributed by atoms with van der Waals surface area (Å²) in [4.78, 5) is 12.1. The van der Waals surface area contributed by atoms with Crippen LogP contribution < -0.4 is 5.32 Å². The molecule has 0 atom stereocenters. The third kappa shape index (κ3) is 5.30. The first-order valence-corrected chi connectivity index (χ1v) is 8.12. The summed E-state index contributed by atoms with van der Waals surface area (Å²) in [5, 5.41) is 7.00. The van der Waals surface area contributed by atoms with E-state index < -0.39 is 12.1 Å². The summed E-state index contributed by atoms with van der Waals surface area (Å²) in [5.74, 6) is -0.0669. The molecule has 1 aromatic heterocycles. The van der Waals surface area contributed by atoms with Crippen LogP contribution in [0.15, 0.2) is 30.5 Å². The Morgan fingerprint density at radius 1 is 1.38 bits per heavy atom. The molecule has 4 nitrogen and oxygen atoms in total. The molecule has 2 aromatic rings. The van der Waals surface area contributed by atoms with Gasteiger partial charge in [-0.2, -0.15) is 5.10 Å². The second-order valence-electron chi connectivity index (χ2n) is 6.02. The van der Waals surface area contributed by atoms with Gasteiger partial charge >= 0.3 is 0 Å². The zero-order valence-electron chi connectivity index (χ0n) is 13.6.